The molecule has 2 aliphatic carbocycles. The molecule has 3 fully saturated rings. The Labute approximate surface area is 200 Å². The smallest absolute Gasteiger partial charge is 0.160 e. The summed E-state index contributed by atoms with van der Waals surface area (Å²) in [5, 5.41) is 0. The van der Waals surface area contributed by atoms with Crippen molar-refractivity contribution in [1.29, 1.82) is 0 Å². The van der Waals surface area contributed by atoms with E-state index in [1.165, 1.54) is 25.7 Å². The maximum Gasteiger partial charge on any atom is 0.160 e. The highest BCUT2D eigenvalue weighted by molar-refractivity contribution is 5.31. The van der Waals surface area contributed by atoms with E-state index >= 15 is 4.39 Å². The van der Waals surface area contributed by atoms with Gasteiger partial charge in [-0.05, 0) is 93.6 Å². The molecule has 0 spiro atoms. The van der Waals surface area contributed by atoms with Gasteiger partial charge in [-0.3, -0.25) is 4.39 Å². The molecular weight excluding hydrogens is 418 g/mol. The van der Waals surface area contributed by atoms with Crippen LogP contribution in [0.2, 0.25) is 0 Å². The van der Waals surface area contributed by atoms with Crippen LogP contribution in [0.25, 0.3) is 0 Å². The van der Waals surface area contributed by atoms with Gasteiger partial charge in [0.1, 0.15) is 5.83 Å². The minimum absolute atomic E-state index is 0.0396. The van der Waals surface area contributed by atoms with Gasteiger partial charge in [0.2, 0.25) is 0 Å². The minimum atomic E-state index is -0.245. The molecule has 3 rings (SSSR count). The van der Waals surface area contributed by atoms with Gasteiger partial charge < -0.3 is 9.47 Å². The summed E-state index contributed by atoms with van der Waals surface area (Å²) in [6.45, 7) is 7.46. The molecule has 0 bridgehead atoms. The highest BCUT2D eigenvalue weighted by atomic mass is 19.1. The molecule has 0 radical (unpaired) electrons. The zero-order valence-electron chi connectivity index (χ0n) is 20.8. The molecule has 1 saturated heterocycles. The van der Waals surface area contributed by atoms with Crippen LogP contribution in [0.4, 0.5) is 8.78 Å². The number of allylic oxidation sites excluding steroid dienone is 5. The van der Waals surface area contributed by atoms with Crippen molar-refractivity contribution in [3.8, 4) is 0 Å². The average Bonchev–Trinajstić information content (AvgIpc) is 2.87. The lowest BCUT2D eigenvalue weighted by Gasteiger charge is -2.37. The first-order valence-electron chi connectivity index (χ1n) is 13.6. The van der Waals surface area contributed by atoms with Crippen molar-refractivity contribution in [2.24, 2.45) is 29.6 Å². The summed E-state index contributed by atoms with van der Waals surface area (Å²) >= 11 is 0. The Morgan fingerprint density at radius 3 is 2.18 bits per heavy atom. The third-order valence-corrected chi connectivity index (χ3v) is 8.19. The number of hydrogen-bond acceptors (Lipinski definition) is 2. The van der Waals surface area contributed by atoms with Gasteiger partial charge in [0, 0.05) is 11.8 Å². The Morgan fingerprint density at radius 2 is 1.58 bits per heavy atom. The first-order chi connectivity index (χ1) is 16.1. The summed E-state index contributed by atoms with van der Waals surface area (Å²) in [4.78, 5) is 0. The minimum Gasteiger partial charge on any atom is -0.352 e. The Balaban J connectivity index is 1.40. The van der Waals surface area contributed by atoms with Crippen molar-refractivity contribution < 1.29 is 18.3 Å². The van der Waals surface area contributed by atoms with Gasteiger partial charge in [-0.25, -0.2) is 4.39 Å². The molecular formula is C29H46F2O2. The SMILES string of the molecule is C=C/C=C(\C(F)=C/CC1CCC(C2OCC(CCCCC)CO2)CC1)C1CCC(CF)CC1. The lowest BCUT2D eigenvalue weighted by atomic mass is 9.77. The summed E-state index contributed by atoms with van der Waals surface area (Å²) in [6.07, 6.45) is 19.0. The predicted molar refractivity (Wildman–Crippen MR) is 132 cm³/mol. The molecule has 2 saturated carbocycles. The Kier molecular flexibility index (Phi) is 11.6. The van der Waals surface area contributed by atoms with Crippen molar-refractivity contribution in [3.05, 3.63) is 36.2 Å². The quantitative estimate of drug-likeness (QED) is 0.225. The van der Waals surface area contributed by atoms with Crippen LogP contribution in [0.5, 0.6) is 0 Å². The number of rotatable bonds is 11. The molecule has 0 unspecified atom stereocenters. The van der Waals surface area contributed by atoms with Crippen molar-refractivity contribution in [1.82, 2.24) is 0 Å². The Hall–Kier alpha value is -1.00. The van der Waals surface area contributed by atoms with Gasteiger partial charge >= 0.3 is 0 Å². The second-order valence-corrected chi connectivity index (χ2v) is 10.7. The maximum atomic E-state index is 15.1. The second-order valence-electron chi connectivity index (χ2n) is 10.7. The number of halogens is 2. The number of unbranched alkanes of at least 4 members (excludes halogenated alkanes) is 2. The molecule has 0 atom stereocenters. The zero-order valence-corrected chi connectivity index (χ0v) is 20.8. The summed E-state index contributed by atoms with van der Waals surface area (Å²) < 4.78 is 40.2. The van der Waals surface area contributed by atoms with E-state index in [1.54, 1.807) is 12.2 Å². The van der Waals surface area contributed by atoms with Crippen LogP contribution in [0.1, 0.15) is 90.4 Å². The Morgan fingerprint density at radius 1 is 0.909 bits per heavy atom. The molecule has 0 aromatic rings. The van der Waals surface area contributed by atoms with Crippen LogP contribution >= 0.6 is 0 Å². The number of ether oxygens (including phenoxy) is 2. The molecule has 33 heavy (non-hydrogen) atoms. The zero-order chi connectivity index (χ0) is 23.5. The van der Waals surface area contributed by atoms with Gasteiger partial charge in [-0.1, -0.05) is 44.9 Å². The summed E-state index contributed by atoms with van der Waals surface area (Å²) in [5.74, 6) is 1.84. The van der Waals surface area contributed by atoms with Gasteiger partial charge in [-0.2, -0.15) is 0 Å². The van der Waals surface area contributed by atoms with E-state index in [-0.39, 0.29) is 30.6 Å². The third-order valence-electron chi connectivity index (χ3n) is 8.19. The van der Waals surface area contributed by atoms with E-state index in [4.69, 9.17) is 9.47 Å². The fraction of sp³-hybridized carbons (Fsp3) is 0.793. The lowest BCUT2D eigenvalue weighted by Crippen LogP contribution is -2.38. The van der Waals surface area contributed by atoms with E-state index in [9.17, 15) is 4.39 Å². The monoisotopic (exact) mass is 464 g/mol. The average molecular weight is 465 g/mol. The van der Waals surface area contributed by atoms with E-state index in [0.717, 1.165) is 76.6 Å². The lowest BCUT2D eigenvalue weighted by molar-refractivity contribution is -0.230. The highest BCUT2D eigenvalue weighted by Gasteiger charge is 2.32. The topological polar surface area (TPSA) is 18.5 Å². The van der Waals surface area contributed by atoms with Gasteiger partial charge in [0.25, 0.3) is 0 Å². The fourth-order valence-electron chi connectivity index (χ4n) is 5.93. The van der Waals surface area contributed by atoms with Gasteiger partial charge in [-0.15, -0.1) is 0 Å². The van der Waals surface area contributed by atoms with E-state index < -0.39 is 0 Å². The highest BCUT2D eigenvalue weighted by Crippen LogP contribution is 2.39. The van der Waals surface area contributed by atoms with E-state index in [1.807, 2.05) is 6.08 Å². The van der Waals surface area contributed by atoms with Crippen LogP contribution in [0.3, 0.4) is 0 Å². The molecule has 188 valence electrons. The maximum absolute atomic E-state index is 15.1. The molecule has 4 heteroatoms. The van der Waals surface area contributed by atoms with Crippen molar-refractivity contribution in [2.75, 3.05) is 19.9 Å². The van der Waals surface area contributed by atoms with E-state index in [0.29, 0.717) is 17.8 Å². The summed E-state index contributed by atoms with van der Waals surface area (Å²) in [7, 11) is 0. The largest absolute Gasteiger partial charge is 0.352 e. The van der Waals surface area contributed by atoms with Crippen molar-refractivity contribution in [3.63, 3.8) is 0 Å². The van der Waals surface area contributed by atoms with Crippen molar-refractivity contribution in [2.45, 2.75) is 96.7 Å². The standard InChI is InChI=1S/C29H46F2O2/c1-3-5-6-8-24-20-32-29(33-21-24)26-16-9-22(10-17-26)13-18-28(31)27(7-4-2)25-14-11-23(19-30)12-15-25/h4,7,18,22-26,29H,2-3,5-6,8-17,19-21H2,1H3/b27-7-,28-18+. The van der Waals surface area contributed by atoms with Crippen molar-refractivity contribution >= 4 is 0 Å². The van der Waals surface area contributed by atoms with Gasteiger partial charge in [0.05, 0.1) is 19.9 Å². The number of hydrogen-bond donors (Lipinski definition) is 0. The molecule has 1 aliphatic heterocycles. The normalized spacial score (nSPS) is 34.3. The molecule has 3 aliphatic rings. The van der Waals surface area contributed by atoms with Gasteiger partial charge in [0.15, 0.2) is 6.29 Å². The summed E-state index contributed by atoms with van der Waals surface area (Å²) in [6, 6.07) is 0. The van der Waals surface area contributed by atoms with Crippen LogP contribution in [0, 0.1) is 29.6 Å². The van der Waals surface area contributed by atoms with Crippen LogP contribution < -0.4 is 0 Å². The first-order valence-corrected chi connectivity index (χ1v) is 13.6. The molecule has 1 heterocycles. The van der Waals surface area contributed by atoms with Crippen LogP contribution in [-0.4, -0.2) is 26.2 Å². The Bertz CT molecular complexity index is 620. The second kappa shape index (κ2) is 14.4. The summed E-state index contributed by atoms with van der Waals surface area (Å²) in [5.41, 5.74) is 0.772. The number of alkyl halides is 1. The molecule has 0 aromatic carbocycles. The van der Waals surface area contributed by atoms with Crippen LogP contribution in [-0.2, 0) is 9.47 Å². The molecule has 2 nitrogen and oxygen atoms in total. The van der Waals surface area contributed by atoms with E-state index in [2.05, 4.69) is 13.5 Å². The predicted octanol–water partition coefficient (Wildman–Crippen LogP) is 8.49. The molecule has 0 amide bonds. The molecule has 0 N–H and O–H groups in total. The molecule has 0 aromatic heterocycles. The fourth-order valence-corrected chi connectivity index (χ4v) is 5.93. The first kappa shape index (κ1) is 26.6. The third kappa shape index (κ3) is 8.31. The van der Waals surface area contributed by atoms with Crippen LogP contribution in [0.15, 0.2) is 36.2 Å².